The normalized spacial score (nSPS) is 40.0. The van der Waals surface area contributed by atoms with Crippen LogP contribution in [0.5, 0.6) is 5.75 Å². The quantitative estimate of drug-likeness (QED) is 0.647. The van der Waals surface area contributed by atoms with E-state index in [2.05, 4.69) is 6.07 Å². The Kier molecular flexibility index (Phi) is 4.27. The summed E-state index contributed by atoms with van der Waals surface area (Å²) < 4.78 is 0. The molecule has 0 spiro atoms. The van der Waals surface area contributed by atoms with Crippen molar-refractivity contribution in [3.05, 3.63) is 65.8 Å². The maximum atomic E-state index is 12.3. The monoisotopic (exact) mass is 390 g/mol. The Bertz CT molecular complexity index is 887. The fourth-order valence-corrected chi connectivity index (χ4v) is 7.36. The Hall–Kier alpha value is -2.29. The van der Waals surface area contributed by atoms with E-state index in [4.69, 9.17) is 0 Å². The number of carboxylic acid groups (broad SMARTS) is 1. The molecule has 0 radical (unpaired) electrons. The van der Waals surface area contributed by atoms with Gasteiger partial charge < -0.3 is 10.2 Å². The summed E-state index contributed by atoms with van der Waals surface area (Å²) in [6.07, 6.45) is 18.8. The first-order valence-electron chi connectivity index (χ1n) is 11.0. The molecule has 1 aromatic carbocycles. The molecule has 4 fully saturated rings. The van der Waals surface area contributed by atoms with Crippen LogP contribution < -0.4 is 0 Å². The van der Waals surface area contributed by atoms with Gasteiger partial charge in [-0.05, 0) is 80.2 Å². The lowest BCUT2D eigenvalue weighted by Crippen LogP contribution is -2.48. The average Bonchev–Trinajstić information content (AvgIpc) is 2.68. The average molecular weight is 391 g/mol. The van der Waals surface area contributed by atoms with Crippen molar-refractivity contribution in [3.63, 3.8) is 0 Å². The van der Waals surface area contributed by atoms with E-state index in [1.165, 1.54) is 38.5 Å². The van der Waals surface area contributed by atoms with Gasteiger partial charge in [0.25, 0.3) is 0 Å². The molecule has 4 bridgehead atoms. The number of hydrogen-bond acceptors (Lipinski definition) is 2. The van der Waals surface area contributed by atoms with Gasteiger partial charge in [-0.1, -0.05) is 48.6 Å². The second-order valence-corrected chi connectivity index (χ2v) is 9.93. The Morgan fingerprint density at radius 1 is 1.07 bits per heavy atom. The molecule has 0 amide bonds. The van der Waals surface area contributed by atoms with Crippen LogP contribution in [0.4, 0.5) is 0 Å². The van der Waals surface area contributed by atoms with Gasteiger partial charge in [-0.2, -0.15) is 0 Å². The van der Waals surface area contributed by atoms with Crippen molar-refractivity contribution in [3.8, 4) is 5.75 Å². The van der Waals surface area contributed by atoms with Crippen molar-refractivity contribution >= 4 is 5.97 Å². The SMILES string of the molecule is CC=CC1(C(=O)O)C=CC=CC1c1ccc(O)c(C23CC4CC(CC(C4)C2)C3)c1. The van der Waals surface area contributed by atoms with Crippen molar-refractivity contribution in [2.45, 2.75) is 56.8 Å². The second kappa shape index (κ2) is 6.62. The molecule has 2 atom stereocenters. The van der Waals surface area contributed by atoms with E-state index in [0.29, 0.717) is 5.75 Å². The summed E-state index contributed by atoms with van der Waals surface area (Å²) in [6.45, 7) is 1.87. The summed E-state index contributed by atoms with van der Waals surface area (Å²) in [5.74, 6) is 1.65. The molecule has 2 unspecified atom stereocenters. The highest BCUT2D eigenvalue weighted by Gasteiger charge is 2.52. The molecule has 2 N–H and O–H groups in total. The van der Waals surface area contributed by atoms with E-state index in [1.54, 1.807) is 18.2 Å². The summed E-state index contributed by atoms with van der Waals surface area (Å²) in [5.41, 5.74) is 1.04. The summed E-state index contributed by atoms with van der Waals surface area (Å²) >= 11 is 0. The Balaban J connectivity index is 1.59. The number of hydrogen-bond donors (Lipinski definition) is 2. The minimum Gasteiger partial charge on any atom is -0.508 e. The molecular formula is C26H30O3. The number of aromatic hydroxyl groups is 1. The van der Waals surface area contributed by atoms with Crippen LogP contribution in [0.15, 0.2) is 54.7 Å². The number of carboxylic acids is 1. The first kappa shape index (κ1) is 18.7. The molecule has 6 rings (SSSR count). The lowest BCUT2D eigenvalue weighted by atomic mass is 9.48. The predicted molar refractivity (Wildman–Crippen MR) is 114 cm³/mol. The van der Waals surface area contributed by atoms with Crippen LogP contribution in [0.3, 0.4) is 0 Å². The van der Waals surface area contributed by atoms with Crippen LogP contribution in [-0.4, -0.2) is 16.2 Å². The van der Waals surface area contributed by atoms with E-state index in [0.717, 1.165) is 28.9 Å². The summed E-state index contributed by atoms with van der Waals surface area (Å²) in [7, 11) is 0. The third-order valence-corrected chi connectivity index (χ3v) is 8.10. The molecule has 5 aliphatic rings. The van der Waals surface area contributed by atoms with Crippen molar-refractivity contribution in [1.82, 2.24) is 0 Å². The molecule has 29 heavy (non-hydrogen) atoms. The number of carbonyl (C=O) groups is 1. The van der Waals surface area contributed by atoms with Gasteiger partial charge in [0.2, 0.25) is 0 Å². The molecule has 3 heteroatoms. The highest BCUT2D eigenvalue weighted by Crippen LogP contribution is 2.62. The van der Waals surface area contributed by atoms with Gasteiger partial charge >= 0.3 is 5.97 Å². The molecular weight excluding hydrogens is 360 g/mol. The minimum atomic E-state index is -1.08. The van der Waals surface area contributed by atoms with Gasteiger partial charge in [0.05, 0.1) is 0 Å². The van der Waals surface area contributed by atoms with E-state index in [-0.39, 0.29) is 11.3 Å². The molecule has 0 aliphatic heterocycles. The van der Waals surface area contributed by atoms with Crippen molar-refractivity contribution in [2.75, 3.05) is 0 Å². The van der Waals surface area contributed by atoms with E-state index in [9.17, 15) is 15.0 Å². The number of benzene rings is 1. The van der Waals surface area contributed by atoms with Crippen LogP contribution in [0.1, 0.15) is 62.5 Å². The summed E-state index contributed by atoms with van der Waals surface area (Å²) in [6, 6.07) is 5.85. The van der Waals surface area contributed by atoms with Crippen molar-refractivity contribution < 1.29 is 15.0 Å². The largest absolute Gasteiger partial charge is 0.508 e. The number of phenols is 1. The van der Waals surface area contributed by atoms with E-state index >= 15 is 0 Å². The van der Waals surface area contributed by atoms with Crippen LogP contribution in [-0.2, 0) is 10.2 Å². The zero-order valence-electron chi connectivity index (χ0n) is 17.1. The molecule has 5 aliphatic carbocycles. The standard InChI is InChI=1S/C26H30O3/c1-2-8-26(24(28)29)9-4-3-5-21(26)20-6-7-23(27)22(13-20)25-14-17-10-18(15-25)12-19(11-17)16-25/h2-9,13,17-19,21,27H,10-12,14-16H2,1H3,(H,28,29). The predicted octanol–water partition coefficient (Wildman–Crippen LogP) is 5.72. The third kappa shape index (κ3) is 2.81. The van der Waals surface area contributed by atoms with Crippen molar-refractivity contribution in [2.24, 2.45) is 23.2 Å². The Labute approximate surface area is 172 Å². The molecule has 152 valence electrons. The fourth-order valence-electron chi connectivity index (χ4n) is 7.36. The second-order valence-electron chi connectivity index (χ2n) is 9.93. The fraction of sp³-hybridized carbons (Fsp3) is 0.500. The first-order valence-corrected chi connectivity index (χ1v) is 11.0. The summed E-state index contributed by atoms with van der Waals surface area (Å²) in [5, 5.41) is 21.0. The maximum Gasteiger partial charge on any atom is 0.318 e. The van der Waals surface area contributed by atoms with Crippen LogP contribution in [0.25, 0.3) is 0 Å². The lowest BCUT2D eigenvalue weighted by Gasteiger charge is -2.57. The van der Waals surface area contributed by atoms with Gasteiger partial charge in [-0.3, -0.25) is 4.79 Å². The highest BCUT2D eigenvalue weighted by molar-refractivity contribution is 5.82. The lowest BCUT2D eigenvalue weighted by molar-refractivity contribution is -0.144. The van der Waals surface area contributed by atoms with E-state index in [1.807, 2.05) is 37.3 Å². The van der Waals surface area contributed by atoms with Crippen LogP contribution in [0, 0.1) is 23.2 Å². The van der Waals surface area contributed by atoms with Crippen molar-refractivity contribution in [1.29, 1.82) is 0 Å². The number of aliphatic carboxylic acids is 1. The zero-order valence-corrected chi connectivity index (χ0v) is 17.1. The number of rotatable bonds is 4. The van der Waals surface area contributed by atoms with Gasteiger partial charge in [-0.15, -0.1) is 0 Å². The molecule has 3 nitrogen and oxygen atoms in total. The zero-order chi connectivity index (χ0) is 20.2. The molecule has 0 heterocycles. The van der Waals surface area contributed by atoms with Crippen LogP contribution >= 0.6 is 0 Å². The first-order chi connectivity index (χ1) is 14.0. The van der Waals surface area contributed by atoms with Gasteiger partial charge in [-0.25, -0.2) is 0 Å². The topological polar surface area (TPSA) is 57.5 Å². The third-order valence-electron chi connectivity index (χ3n) is 8.10. The Morgan fingerprint density at radius 2 is 1.72 bits per heavy atom. The van der Waals surface area contributed by atoms with E-state index < -0.39 is 11.4 Å². The smallest absolute Gasteiger partial charge is 0.318 e. The number of allylic oxidation sites excluding steroid dienone is 4. The van der Waals surface area contributed by atoms with Gasteiger partial charge in [0, 0.05) is 11.5 Å². The Morgan fingerprint density at radius 3 is 2.31 bits per heavy atom. The maximum absolute atomic E-state index is 12.3. The molecule has 1 aromatic rings. The van der Waals surface area contributed by atoms with Gasteiger partial charge in [0.1, 0.15) is 11.2 Å². The molecule has 4 saturated carbocycles. The van der Waals surface area contributed by atoms with Crippen LogP contribution in [0.2, 0.25) is 0 Å². The highest BCUT2D eigenvalue weighted by atomic mass is 16.4. The summed E-state index contributed by atoms with van der Waals surface area (Å²) in [4.78, 5) is 12.3. The van der Waals surface area contributed by atoms with Gasteiger partial charge in [0.15, 0.2) is 0 Å². The molecule has 0 saturated heterocycles. The minimum absolute atomic E-state index is 0.0789. The number of phenolic OH excluding ortho intramolecular Hbond substituents is 1. The molecule has 0 aromatic heterocycles.